The van der Waals surface area contributed by atoms with Crippen LogP contribution in [0.25, 0.3) is 41.9 Å². The van der Waals surface area contributed by atoms with Gasteiger partial charge in [0, 0.05) is 68.3 Å². The molecule has 4 heterocycles. The molecule has 23 heteroatoms. The molecule has 0 spiro atoms. The SMILES string of the molecule is Cn1nccc1B1OC(C)(C)C(C)(C)O1.[C-]#[N+]c1c(OC2CC2)ccc(Cl)c1-c1c(I)cnn1C.[C-]#[N+]c1c(OC2CC2)ccc(Cl)c1-c1ccnn1C.[C-]#[N+]c1c(OC2CC2)ccc(Cl)c1I.[C-]#[N+]c1cc(Cl)ccc1OC1CC1. The van der Waals surface area contributed by atoms with Crippen LogP contribution in [-0.4, -0.2) is 72.1 Å². The first-order valence-corrected chi connectivity index (χ1v) is 29.4. The summed E-state index contributed by atoms with van der Waals surface area (Å²) in [6, 6.07) is 19.6. The Morgan fingerprint density at radius 3 is 1.42 bits per heavy atom. The van der Waals surface area contributed by atoms with Crippen molar-refractivity contribution in [3.8, 4) is 45.5 Å². The summed E-state index contributed by atoms with van der Waals surface area (Å²) >= 11 is 28.5. The minimum atomic E-state index is -0.317. The average molecular weight is 1390 g/mol. The van der Waals surface area contributed by atoms with Gasteiger partial charge in [-0.15, -0.1) is 0 Å². The van der Waals surface area contributed by atoms with E-state index in [4.69, 9.17) is 101 Å². The van der Waals surface area contributed by atoms with Gasteiger partial charge in [0.05, 0.1) is 88.7 Å². The standard InChI is InChI=1S/C14H11ClIN3O.C14H12ClN3O.C10H17BN2O2.C10H7ClINO.C10H8ClNO/c1-17-13-11(20-8-3-4-8)6-5-9(15)12(13)14-10(16)7-18-19(14)2;1-16-14-12(19-9-3-4-9)6-5-10(15)13(14)11-7-8-17-18(11)2;1-9(2)10(3,4)15-11(14-9)8-6-7-12-13(8)5;1-13-10-8(14-6-2-3-6)5-4-7(11)9(10)12;1-12-9-6-7(11)2-5-10(9)13-8-3-4-8/h5-8H,3-4H2,2H3;5-9H,3-4H2,2H3;6-7H,1-5H3;4-6H,2-3H2;2,5-6,8H,3-4H2. The van der Waals surface area contributed by atoms with Crippen LogP contribution in [0.4, 0.5) is 22.7 Å². The molecule has 418 valence electrons. The highest BCUT2D eigenvalue weighted by Gasteiger charge is 2.52. The molecule has 5 aliphatic rings. The maximum absolute atomic E-state index is 7.48. The number of aromatic nitrogens is 6. The summed E-state index contributed by atoms with van der Waals surface area (Å²) in [5.41, 5.74) is 5.38. The van der Waals surface area contributed by atoms with E-state index in [1.807, 2.05) is 61.0 Å². The van der Waals surface area contributed by atoms with Crippen molar-refractivity contribution in [2.45, 2.75) is 115 Å². The van der Waals surface area contributed by atoms with E-state index < -0.39 is 0 Å². The van der Waals surface area contributed by atoms with Gasteiger partial charge in [0.1, 0.15) is 23.0 Å². The molecule has 4 saturated carbocycles. The van der Waals surface area contributed by atoms with Gasteiger partial charge in [0.25, 0.3) is 0 Å². The fraction of sp³-hybridized carbons (Fsp3) is 0.362. The highest BCUT2D eigenvalue weighted by Crippen LogP contribution is 2.48. The number of hydrogen-bond donors (Lipinski definition) is 0. The fourth-order valence-corrected chi connectivity index (χ4v) is 9.85. The molecule has 4 aromatic carbocycles. The van der Waals surface area contributed by atoms with Crippen molar-refractivity contribution in [3.05, 3.63) is 158 Å². The number of ether oxygens (including phenoxy) is 4. The Morgan fingerprint density at radius 2 is 0.988 bits per heavy atom. The Bertz CT molecular complexity index is 3570. The van der Waals surface area contributed by atoms with Crippen LogP contribution in [0, 0.1) is 33.4 Å². The van der Waals surface area contributed by atoms with Crippen LogP contribution in [0.15, 0.2) is 85.3 Å². The van der Waals surface area contributed by atoms with Crippen molar-refractivity contribution in [1.82, 2.24) is 29.3 Å². The van der Waals surface area contributed by atoms with Gasteiger partial charge in [-0.3, -0.25) is 14.0 Å². The number of nitrogens with zero attached hydrogens (tertiary/aromatic N) is 10. The van der Waals surface area contributed by atoms with Crippen LogP contribution in [0.5, 0.6) is 23.0 Å². The van der Waals surface area contributed by atoms with E-state index in [-0.39, 0.29) is 30.5 Å². The van der Waals surface area contributed by atoms with Gasteiger partial charge >= 0.3 is 7.12 Å². The molecule has 1 saturated heterocycles. The summed E-state index contributed by atoms with van der Waals surface area (Å²) in [5.74, 6) is 2.54. The molecule has 5 fully saturated rings. The second kappa shape index (κ2) is 26.7. The summed E-state index contributed by atoms with van der Waals surface area (Å²) in [6.45, 7) is 37.1. The average Bonchev–Trinajstić information content (AvgIpc) is 4.32. The van der Waals surface area contributed by atoms with Crippen molar-refractivity contribution in [2.75, 3.05) is 0 Å². The maximum Gasteiger partial charge on any atom is 0.514 e. The molecule has 0 atom stereocenters. The quantitative estimate of drug-likeness (QED) is 0.0707. The Kier molecular flexibility index (Phi) is 20.2. The number of benzene rings is 4. The van der Waals surface area contributed by atoms with E-state index in [9.17, 15) is 0 Å². The molecule has 81 heavy (non-hydrogen) atoms. The first-order chi connectivity index (χ1) is 38.7. The summed E-state index contributed by atoms with van der Waals surface area (Å²) in [4.78, 5) is 14.1. The van der Waals surface area contributed by atoms with E-state index in [1.165, 1.54) is 0 Å². The van der Waals surface area contributed by atoms with Crippen LogP contribution < -0.4 is 24.5 Å². The maximum atomic E-state index is 7.48. The molecule has 0 unspecified atom stereocenters. The molecule has 4 aliphatic carbocycles. The van der Waals surface area contributed by atoms with Gasteiger partial charge in [-0.1, -0.05) is 69.0 Å². The van der Waals surface area contributed by atoms with Crippen molar-refractivity contribution in [2.24, 2.45) is 21.1 Å². The van der Waals surface area contributed by atoms with E-state index >= 15 is 0 Å². The molecule has 12 rings (SSSR count). The predicted octanol–water partition coefficient (Wildman–Crippen LogP) is 16.5. The third kappa shape index (κ3) is 15.5. The van der Waals surface area contributed by atoms with E-state index in [2.05, 4.69) is 79.9 Å². The van der Waals surface area contributed by atoms with Gasteiger partial charge in [-0.2, -0.15) is 15.3 Å². The molecule has 3 aromatic heterocycles. The number of hydrogen-bond acceptors (Lipinski definition) is 9. The minimum absolute atomic E-state index is 0.245. The molecule has 0 radical (unpaired) electrons. The van der Waals surface area contributed by atoms with Crippen molar-refractivity contribution in [1.29, 1.82) is 0 Å². The van der Waals surface area contributed by atoms with Crippen LogP contribution in [0.3, 0.4) is 0 Å². The zero-order chi connectivity index (χ0) is 58.3. The lowest BCUT2D eigenvalue weighted by atomic mass is 9.85. The summed E-state index contributed by atoms with van der Waals surface area (Å²) in [6.07, 6.45) is 14.9. The predicted molar refractivity (Wildman–Crippen MR) is 334 cm³/mol. The topological polar surface area (TPSA) is 126 Å². The lowest BCUT2D eigenvalue weighted by Gasteiger charge is -2.32. The van der Waals surface area contributed by atoms with Crippen molar-refractivity contribution < 1.29 is 28.3 Å². The van der Waals surface area contributed by atoms with Crippen LogP contribution in [0.1, 0.15) is 79.1 Å². The Labute approximate surface area is 519 Å². The normalized spacial score (nSPS) is 16.1. The first kappa shape index (κ1) is 61.3. The summed E-state index contributed by atoms with van der Waals surface area (Å²) in [5, 5.41) is 14.7. The monoisotopic (exact) mass is 1390 g/mol. The third-order valence-electron chi connectivity index (χ3n) is 13.4. The van der Waals surface area contributed by atoms with E-state index in [1.54, 1.807) is 87.2 Å². The fourth-order valence-electron chi connectivity index (χ4n) is 7.73. The zero-order valence-corrected chi connectivity index (χ0v) is 52.7. The Morgan fingerprint density at radius 1 is 0.543 bits per heavy atom. The van der Waals surface area contributed by atoms with Gasteiger partial charge < -0.3 is 28.3 Å². The molecule has 0 N–H and O–H groups in total. The second-order valence-electron chi connectivity index (χ2n) is 20.3. The molecule has 1 aliphatic heterocycles. The van der Waals surface area contributed by atoms with Crippen molar-refractivity contribution >= 4 is 127 Å². The Hall–Kier alpha value is -5.73. The highest BCUT2D eigenvalue weighted by atomic mass is 127. The number of aryl methyl sites for hydroxylation is 3. The van der Waals surface area contributed by atoms with E-state index in [0.717, 1.165) is 75.5 Å². The largest absolute Gasteiger partial charge is 0.514 e. The lowest BCUT2D eigenvalue weighted by molar-refractivity contribution is 0.00578. The molecular formula is C58H55BCl4I2N10O6. The molecule has 16 nitrogen and oxygen atoms in total. The first-order valence-electron chi connectivity index (χ1n) is 25.8. The summed E-state index contributed by atoms with van der Waals surface area (Å²) in [7, 11) is 5.24. The smallest absolute Gasteiger partial charge is 0.501 e. The van der Waals surface area contributed by atoms with Gasteiger partial charge in [-0.05, 0) is 168 Å². The van der Waals surface area contributed by atoms with Crippen LogP contribution in [-0.2, 0) is 30.5 Å². The third-order valence-corrected chi connectivity index (χ3v) is 16.8. The Balaban J connectivity index is 0.000000134. The van der Waals surface area contributed by atoms with Gasteiger partial charge in [0.15, 0.2) is 0 Å². The zero-order valence-electron chi connectivity index (χ0n) is 45.3. The second-order valence-corrected chi connectivity index (χ2v) is 24.2. The molecular weight excluding hydrogens is 1340 g/mol. The van der Waals surface area contributed by atoms with Crippen molar-refractivity contribution in [3.63, 3.8) is 0 Å². The van der Waals surface area contributed by atoms with E-state index in [0.29, 0.717) is 89.2 Å². The molecule has 7 aromatic rings. The molecule has 0 bridgehead atoms. The highest BCUT2D eigenvalue weighted by molar-refractivity contribution is 14.1. The molecule has 0 amide bonds. The lowest BCUT2D eigenvalue weighted by Crippen LogP contribution is -2.41. The van der Waals surface area contributed by atoms with Gasteiger partial charge in [-0.25, -0.2) is 19.4 Å². The van der Waals surface area contributed by atoms with Crippen LogP contribution >= 0.6 is 91.6 Å². The number of rotatable bonds is 11. The van der Waals surface area contributed by atoms with Crippen LogP contribution in [0.2, 0.25) is 20.1 Å². The minimum Gasteiger partial charge on any atom is -0.501 e. The summed E-state index contributed by atoms with van der Waals surface area (Å²) < 4.78 is 41.5. The van der Waals surface area contributed by atoms with Gasteiger partial charge in [0.2, 0.25) is 22.7 Å². The number of halogens is 6.